The van der Waals surface area contributed by atoms with E-state index >= 15 is 0 Å². The molecule has 6 aromatic carbocycles. The molecule has 0 bridgehead atoms. The molecular formula is C82H77N6+3. The lowest BCUT2D eigenvalue weighted by atomic mass is 9.83. The molecule has 0 spiro atoms. The van der Waals surface area contributed by atoms with E-state index in [2.05, 4.69) is 299 Å². The minimum absolute atomic E-state index is 0.0864. The highest BCUT2D eigenvalue weighted by Gasteiger charge is 2.40. The van der Waals surface area contributed by atoms with Crippen molar-refractivity contribution in [1.82, 2.24) is 15.0 Å². The number of hydrogen-bond acceptors (Lipinski definition) is 3. The van der Waals surface area contributed by atoms with Gasteiger partial charge in [0.15, 0.2) is 18.6 Å². The van der Waals surface area contributed by atoms with Crippen molar-refractivity contribution in [1.29, 1.82) is 0 Å². The minimum Gasteiger partial charge on any atom is -0.260 e. The lowest BCUT2D eigenvalue weighted by Crippen LogP contribution is -2.31. The quantitative estimate of drug-likeness (QED) is 0.156. The standard InChI is InChI=1S/C28H27N2.2C27H25N2/c1-18-8-10-20(11-9-18)21-12-13-26(30(5)17-21)23-16-25-24(15-19(23)2)22-7-6-14-29-27(22)28(25,3)4;2*1-18-15-23-21-11-8-14-28-26(21)27(2,3)24(23)16-22(18)25-13-12-20(17-29(25)4)19-9-6-5-7-10-19/h6-17H,1-5H3;2*5-17H,1-4H3/q3*+1. The number of rotatable bonds is 6. The highest BCUT2D eigenvalue weighted by Crippen LogP contribution is 2.52. The van der Waals surface area contributed by atoms with Gasteiger partial charge in [0.2, 0.25) is 17.1 Å². The summed E-state index contributed by atoms with van der Waals surface area (Å²) in [6.45, 7) is 22.4. The molecule has 0 saturated carbocycles. The van der Waals surface area contributed by atoms with Crippen LogP contribution in [-0.4, -0.2) is 15.0 Å². The highest BCUT2D eigenvalue weighted by molar-refractivity contribution is 5.86. The van der Waals surface area contributed by atoms with Crippen molar-refractivity contribution in [3.63, 3.8) is 0 Å². The molecule has 0 amide bonds. The van der Waals surface area contributed by atoms with E-state index in [1.807, 2.05) is 36.8 Å². The Morgan fingerprint density at radius 1 is 0.273 bits per heavy atom. The van der Waals surface area contributed by atoms with Crippen molar-refractivity contribution >= 4 is 0 Å². The first-order valence-corrected chi connectivity index (χ1v) is 30.8. The van der Waals surface area contributed by atoms with E-state index in [9.17, 15) is 0 Å². The third-order valence-corrected chi connectivity index (χ3v) is 19.0. The van der Waals surface area contributed by atoms with Gasteiger partial charge in [-0.2, -0.15) is 0 Å². The Kier molecular flexibility index (Phi) is 14.4. The average molecular weight is 1150 g/mol. The first kappa shape index (κ1) is 57.3. The van der Waals surface area contributed by atoms with Gasteiger partial charge in [0.1, 0.15) is 21.1 Å². The molecule has 0 unspecified atom stereocenters. The van der Waals surface area contributed by atoms with Gasteiger partial charge in [-0.15, -0.1) is 0 Å². The maximum Gasteiger partial charge on any atom is 0.212 e. The maximum atomic E-state index is 4.72. The number of benzene rings is 6. The summed E-state index contributed by atoms with van der Waals surface area (Å²) in [6, 6.07) is 70.1. The Labute approximate surface area is 520 Å². The van der Waals surface area contributed by atoms with Crippen molar-refractivity contribution in [2.75, 3.05) is 0 Å². The summed E-state index contributed by atoms with van der Waals surface area (Å²) < 4.78 is 6.73. The molecule has 0 aliphatic heterocycles. The molecule has 6 heteroatoms. The van der Waals surface area contributed by atoms with Gasteiger partial charge in [-0.25, -0.2) is 13.7 Å². The fraction of sp³-hybridized carbons (Fsp3) is 0.195. The second-order valence-electron chi connectivity index (χ2n) is 26.1. The largest absolute Gasteiger partial charge is 0.260 e. The molecule has 88 heavy (non-hydrogen) atoms. The average Bonchev–Trinajstić information content (AvgIpc) is 1.61. The van der Waals surface area contributed by atoms with Crippen molar-refractivity contribution in [2.45, 2.75) is 85.5 Å². The van der Waals surface area contributed by atoms with E-state index in [4.69, 9.17) is 15.0 Å². The van der Waals surface area contributed by atoms with E-state index in [0.717, 1.165) is 0 Å². The van der Waals surface area contributed by atoms with Crippen LogP contribution < -0.4 is 13.7 Å². The molecule has 0 atom stereocenters. The molecule has 12 aromatic rings. The Morgan fingerprint density at radius 3 is 0.852 bits per heavy atom. The molecule has 15 rings (SSSR count). The molecule has 0 fully saturated rings. The van der Waals surface area contributed by atoms with E-state index < -0.39 is 0 Å². The number of fused-ring (bicyclic) bond motifs is 9. The molecule has 6 heterocycles. The Bertz CT molecular complexity index is 4510. The number of hydrogen-bond donors (Lipinski definition) is 0. The van der Waals surface area contributed by atoms with Gasteiger partial charge in [0, 0.05) is 103 Å². The first-order chi connectivity index (χ1) is 42.3. The lowest BCUT2D eigenvalue weighted by molar-refractivity contribution is -0.660. The van der Waals surface area contributed by atoms with Crippen LogP contribution in [0.1, 0.15) is 97.6 Å². The van der Waals surface area contributed by atoms with Gasteiger partial charge in [0.05, 0.1) is 17.1 Å². The molecule has 6 aromatic heterocycles. The van der Waals surface area contributed by atoms with E-state index in [0.29, 0.717) is 0 Å². The normalized spacial score (nSPS) is 13.8. The summed E-state index contributed by atoms with van der Waals surface area (Å²) in [6.07, 6.45) is 12.4. The van der Waals surface area contributed by atoms with Gasteiger partial charge in [-0.3, -0.25) is 15.0 Å². The SMILES string of the molecule is Cc1cc2c(cc1-c1ccc(-c3ccccc3)c[n+]1C)C(C)(C)c1ncccc1-2.Cc1cc2c(cc1-c1ccc(-c3ccccc3)c[n+]1C)C(C)(C)c1ncccc1-2.Cc1ccc(-c2ccc(-c3cc4c(cc3C)-c3cccnc3C4(C)C)[n+](C)c2)cc1. The van der Waals surface area contributed by atoms with E-state index in [1.54, 1.807) is 0 Å². The fourth-order valence-electron chi connectivity index (χ4n) is 14.1. The number of pyridine rings is 6. The van der Waals surface area contributed by atoms with Crippen LogP contribution in [-0.2, 0) is 37.4 Å². The zero-order valence-corrected chi connectivity index (χ0v) is 53.1. The Hall–Kier alpha value is -9.78. The van der Waals surface area contributed by atoms with Gasteiger partial charge in [-0.05, 0) is 149 Å². The molecule has 6 nitrogen and oxygen atoms in total. The van der Waals surface area contributed by atoms with Crippen molar-refractivity contribution in [3.8, 4) is 101 Å². The monoisotopic (exact) mass is 1150 g/mol. The van der Waals surface area contributed by atoms with Crippen LogP contribution in [0.25, 0.3) is 101 Å². The van der Waals surface area contributed by atoms with Crippen LogP contribution in [0.3, 0.4) is 0 Å². The van der Waals surface area contributed by atoms with Crippen molar-refractivity contribution < 1.29 is 13.7 Å². The van der Waals surface area contributed by atoms with Crippen LogP contribution in [0, 0.1) is 27.7 Å². The summed E-state index contributed by atoms with van der Waals surface area (Å²) in [5, 5.41) is 0. The predicted molar refractivity (Wildman–Crippen MR) is 360 cm³/mol. The molecule has 0 N–H and O–H groups in total. The molecular weight excluding hydrogens is 1070 g/mol. The summed E-state index contributed by atoms with van der Waals surface area (Å²) in [4.78, 5) is 14.2. The van der Waals surface area contributed by atoms with Crippen molar-refractivity contribution in [2.24, 2.45) is 21.1 Å². The molecule has 0 saturated heterocycles. The Morgan fingerprint density at radius 2 is 0.557 bits per heavy atom. The summed E-state index contributed by atoms with van der Waals surface area (Å²) in [7, 11) is 6.41. The summed E-state index contributed by atoms with van der Waals surface area (Å²) >= 11 is 0. The lowest BCUT2D eigenvalue weighted by Gasteiger charge is -2.21. The minimum atomic E-state index is -0.0885. The topological polar surface area (TPSA) is 50.3 Å². The second kappa shape index (κ2) is 22.2. The van der Waals surface area contributed by atoms with Crippen LogP contribution in [0.5, 0.6) is 0 Å². The molecule has 0 radical (unpaired) electrons. The van der Waals surface area contributed by atoms with Gasteiger partial charge in [0.25, 0.3) is 0 Å². The third kappa shape index (κ3) is 9.95. The van der Waals surface area contributed by atoms with Crippen LogP contribution in [0.15, 0.2) is 231 Å². The first-order valence-electron chi connectivity index (χ1n) is 30.8. The second-order valence-corrected chi connectivity index (χ2v) is 26.1. The van der Waals surface area contributed by atoms with Crippen LogP contribution in [0.4, 0.5) is 0 Å². The van der Waals surface area contributed by atoms with E-state index in [-0.39, 0.29) is 16.2 Å². The van der Waals surface area contributed by atoms with Gasteiger partial charge in [-0.1, -0.05) is 168 Å². The van der Waals surface area contributed by atoms with Crippen LogP contribution >= 0.6 is 0 Å². The summed E-state index contributed by atoms with van der Waals surface area (Å²) in [5.41, 5.74) is 35.2. The van der Waals surface area contributed by atoms with Gasteiger partial charge < -0.3 is 0 Å². The summed E-state index contributed by atoms with van der Waals surface area (Å²) in [5.74, 6) is 0. The third-order valence-electron chi connectivity index (χ3n) is 19.0. The number of aromatic nitrogens is 6. The Balaban J connectivity index is 0.000000122. The number of nitrogens with zero attached hydrogens (tertiary/aromatic N) is 6. The smallest absolute Gasteiger partial charge is 0.212 e. The van der Waals surface area contributed by atoms with Crippen LogP contribution in [0.2, 0.25) is 0 Å². The fourth-order valence-corrected chi connectivity index (χ4v) is 14.1. The number of aryl methyl sites for hydroxylation is 7. The zero-order valence-electron chi connectivity index (χ0n) is 53.1. The van der Waals surface area contributed by atoms with E-state index in [1.165, 1.54) is 157 Å². The maximum absolute atomic E-state index is 4.72. The zero-order chi connectivity index (χ0) is 61.4. The van der Waals surface area contributed by atoms with Gasteiger partial charge >= 0.3 is 0 Å². The highest BCUT2D eigenvalue weighted by atomic mass is 14.9. The molecule has 432 valence electrons. The molecule has 3 aliphatic rings. The predicted octanol–water partition coefficient (Wildman–Crippen LogP) is 17.9. The van der Waals surface area contributed by atoms with Crippen molar-refractivity contribution in [3.05, 3.63) is 287 Å². The molecule has 3 aliphatic carbocycles.